The molecule has 0 spiro atoms. The van der Waals surface area contributed by atoms with Gasteiger partial charge in [-0.3, -0.25) is 9.69 Å². The predicted octanol–water partition coefficient (Wildman–Crippen LogP) is 4.19. The lowest BCUT2D eigenvalue weighted by molar-refractivity contribution is -0.129. The van der Waals surface area contributed by atoms with Crippen LogP contribution in [0, 0.1) is 11.7 Å². The van der Waals surface area contributed by atoms with E-state index < -0.39 is 0 Å². The zero-order valence-electron chi connectivity index (χ0n) is 14.3. The number of benzene rings is 2. The summed E-state index contributed by atoms with van der Waals surface area (Å²) in [5.74, 6) is 0.0364. The summed E-state index contributed by atoms with van der Waals surface area (Å²) in [6, 6.07) is 16.9. The molecule has 1 saturated carbocycles. The van der Waals surface area contributed by atoms with Crippen LogP contribution >= 0.6 is 0 Å². The fraction of sp³-hybridized carbons (Fsp3) is 0.381. The molecule has 0 saturated heterocycles. The Bertz CT molecular complexity index is 713. The lowest BCUT2D eigenvalue weighted by Gasteiger charge is -2.44. The Morgan fingerprint density at radius 3 is 2.50 bits per heavy atom. The van der Waals surface area contributed by atoms with Gasteiger partial charge in [0.1, 0.15) is 11.6 Å². The van der Waals surface area contributed by atoms with E-state index in [0.29, 0.717) is 12.8 Å². The van der Waals surface area contributed by atoms with Gasteiger partial charge in [-0.1, -0.05) is 42.5 Å². The number of carbonyl (C=O) groups is 1. The summed E-state index contributed by atoms with van der Waals surface area (Å²) in [7, 11) is 4.10. The van der Waals surface area contributed by atoms with Gasteiger partial charge >= 0.3 is 0 Å². The number of rotatable bonds is 4. The third-order valence-electron chi connectivity index (χ3n) is 5.37. The van der Waals surface area contributed by atoms with Gasteiger partial charge in [-0.15, -0.1) is 0 Å². The lowest BCUT2D eigenvalue weighted by atomic mass is 9.70. The first-order valence-electron chi connectivity index (χ1n) is 8.51. The average Bonchev–Trinajstić information content (AvgIpc) is 2.57. The number of Topliss-reactive ketones (excluding diaryl/α,β-unsaturated/α-hetero) is 1. The molecule has 2 aromatic carbocycles. The van der Waals surface area contributed by atoms with Crippen LogP contribution in [0.2, 0.25) is 0 Å². The van der Waals surface area contributed by atoms with Crippen molar-refractivity contribution in [3.63, 3.8) is 0 Å². The molecule has 0 heterocycles. The van der Waals surface area contributed by atoms with Crippen molar-refractivity contribution in [3.8, 4) is 0 Å². The van der Waals surface area contributed by atoms with Crippen LogP contribution in [0.5, 0.6) is 0 Å². The Morgan fingerprint density at radius 2 is 1.88 bits per heavy atom. The first kappa shape index (κ1) is 16.8. The minimum Gasteiger partial charge on any atom is -0.299 e. The van der Waals surface area contributed by atoms with E-state index in [1.165, 1.54) is 17.7 Å². The van der Waals surface area contributed by atoms with Crippen LogP contribution in [0.4, 0.5) is 4.39 Å². The van der Waals surface area contributed by atoms with Gasteiger partial charge in [0, 0.05) is 12.3 Å². The zero-order chi connectivity index (χ0) is 17.2. The van der Waals surface area contributed by atoms with Crippen LogP contribution in [0.15, 0.2) is 54.6 Å². The molecule has 1 aliphatic rings. The van der Waals surface area contributed by atoms with Gasteiger partial charge in [0.2, 0.25) is 0 Å². The molecule has 0 radical (unpaired) electrons. The fourth-order valence-electron chi connectivity index (χ4n) is 3.89. The zero-order valence-corrected chi connectivity index (χ0v) is 14.3. The SMILES string of the molecule is CN(C)C1(c2ccccc2)CCC(Cc2cccc(F)c2)C(=O)C1. The van der Waals surface area contributed by atoms with E-state index in [2.05, 4.69) is 17.0 Å². The maximum absolute atomic E-state index is 13.4. The molecule has 0 aliphatic heterocycles. The van der Waals surface area contributed by atoms with Crippen LogP contribution in [0.3, 0.4) is 0 Å². The third-order valence-corrected chi connectivity index (χ3v) is 5.37. The monoisotopic (exact) mass is 325 g/mol. The topological polar surface area (TPSA) is 20.3 Å². The van der Waals surface area contributed by atoms with Crippen molar-refractivity contribution < 1.29 is 9.18 Å². The van der Waals surface area contributed by atoms with Gasteiger partial charge in [0.05, 0.1) is 5.54 Å². The van der Waals surface area contributed by atoms with E-state index in [0.717, 1.165) is 18.4 Å². The van der Waals surface area contributed by atoms with Crippen LogP contribution < -0.4 is 0 Å². The second kappa shape index (κ2) is 6.86. The van der Waals surface area contributed by atoms with Crippen molar-refractivity contribution in [2.45, 2.75) is 31.2 Å². The van der Waals surface area contributed by atoms with Crippen molar-refractivity contribution in [1.82, 2.24) is 4.90 Å². The number of halogens is 1. The smallest absolute Gasteiger partial charge is 0.138 e. The molecule has 0 N–H and O–H groups in total. The van der Waals surface area contributed by atoms with E-state index >= 15 is 0 Å². The van der Waals surface area contributed by atoms with E-state index in [-0.39, 0.29) is 23.1 Å². The first-order valence-corrected chi connectivity index (χ1v) is 8.51. The lowest BCUT2D eigenvalue weighted by Crippen LogP contribution is -2.48. The Hall–Kier alpha value is -2.00. The summed E-state index contributed by atoms with van der Waals surface area (Å²) in [5.41, 5.74) is 1.88. The second-order valence-electron chi connectivity index (χ2n) is 7.00. The fourth-order valence-corrected chi connectivity index (χ4v) is 3.89. The van der Waals surface area contributed by atoms with Crippen LogP contribution in [0.25, 0.3) is 0 Å². The Labute approximate surface area is 143 Å². The minimum absolute atomic E-state index is 0.0106. The van der Waals surface area contributed by atoms with Gasteiger partial charge in [-0.05, 0) is 56.6 Å². The third kappa shape index (κ3) is 3.27. The molecule has 2 nitrogen and oxygen atoms in total. The Morgan fingerprint density at radius 1 is 1.12 bits per heavy atom. The number of nitrogens with zero attached hydrogens (tertiary/aromatic N) is 1. The first-order chi connectivity index (χ1) is 11.5. The van der Waals surface area contributed by atoms with E-state index in [1.54, 1.807) is 6.07 Å². The van der Waals surface area contributed by atoms with Crippen molar-refractivity contribution in [2.75, 3.05) is 14.1 Å². The molecular weight excluding hydrogens is 301 g/mol. The number of carbonyl (C=O) groups excluding carboxylic acids is 1. The van der Waals surface area contributed by atoms with E-state index in [4.69, 9.17) is 0 Å². The van der Waals surface area contributed by atoms with Crippen molar-refractivity contribution in [2.24, 2.45) is 5.92 Å². The molecule has 0 bridgehead atoms. The highest BCUT2D eigenvalue weighted by Crippen LogP contribution is 2.42. The maximum Gasteiger partial charge on any atom is 0.138 e. The highest BCUT2D eigenvalue weighted by Gasteiger charge is 2.42. The molecule has 1 aliphatic carbocycles. The molecule has 3 heteroatoms. The van der Waals surface area contributed by atoms with Gasteiger partial charge in [-0.2, -0.15) is 0 Å². The average molecular weight is 325 g/mol. The number of ketones is 1. The largest absolute Gasteiger partial charge is 0.299 e. The van der Waals surface area contributed by atoms with Crippen LogP contribution in [-0.4, -0.2) is 24.8 Å². The molecule has 126 valence electrons. The van der Waals surface area contributed by atoms with E-state index in [9.17, 15) is 9.18 Å². The summed E-state index contributed by atoms with van der Waals surface area (Å²) in [6.07, 6.45) is 2.93. The van der Waals surface area contributed by atoms with Crippen molar-refractivity contribution in [1.29, 1.82) is 0 Å². The molecule has 0 aromatic heterocycles. The molecule has 24 heavy (non-hydrogen) atoms. The number of hydrogen-bond acceptors (Lipinski definition) is 2. The normalized spacial score (nSPS) is 24.3. The predicted molar refractivity (Wildman–Crippen MR) is 94.3 cm³/mol. The van der Waals surface area contributed by atoms with Gasteiger partial charge in [-0.25, -0.2) is 4.39 Å². The summed E-state index contributed by atoms with van der Waals surface area (Å²) in [6.45, 7) is 0. The van der Waals surface area contributed by atoms with Crippen molar-refractivity contribution >= 4 is 5.78 Å². The summed E-state index contributed by atoms with van der Waals surface area (Å²) in [4.78, 5) is 15.0. The maximum atomic E-state index is 13.4. The molecular formula is C21H24FNO. The molecule has 3 rings (SSSR count). The number of hydrogen-bond donors (Lipinski definition) is 0. The summed E-state index contributed by atoms with van der Waals surface area (Å²) in [5, 5.41) is 0. The summed E-state index contributed by atoms with van der Waals surface area (Å²) < 4.78 is 13.4. The second-order valence-corrected chi connectivity index (χ2v) is 7.00. The standard InChI is InChI=1S/C21H24FNO/c1-23(2)21(18-8-4-3-5-9-18)12-11-17(20(24)15-21)13-16-7-6-10-19(22)14-16/h3-10,14,17H,11-13,15H2,1-2H3. The van der Waals surface area contributed by atoms with Crippen LogP contribution in [0.1, 0.15) is 30.4 Å². The van der Waals surface area contributed by atoms with Crippen LogP contribution in [-0.2, 0) is 16.8 Å². The minimum atomic E-state index is -0.234. The molecule has 0 amide bonds. The van der Waals surface area contributed by atoms with Gasteiger partial charge in [0.15, 0.2) is 0 Å². The molecule has 2 unspecified atom stereocenters. The highest BCUT2D eigenvalue weighted by atomic mass is 19.1. The van der Waals surface area contributed by atoms with E-state index in [1.807, 2.05) is 38.4 Å². The van der Waals surface area contributed by atoms with Gasteiger partial charge in [0.25, 0.3) is 0 Å². The van der Waals surface area contributed by atoms with Crippen molar-refractivity contribution in [3.05, 3.63) is 71.5 Å². The van der Waals surface area contributed by atoms with Gasteiger partial charge < -0.3 is 0 Å². The molecule has 2 atom stereocenters. The Kier molecular flexibility index (Phi) is 4.81. The quantitative estimate of drug-likeness (QED) is 0.840. The molecule has 2 aromatic rings. The Balaban J connectivity index is 1.79. The molecule has 1 fully saturated rings. The highest BCUT2D eigenvalue weighted by molar-refractivity contribution is 5.83. The summed E-state index contributed by atoms with van der Waals surface area (Å²) >= 11 is 0.